The van der Waals surface area contributed by atoms with Gasteiger partial charge in [0, 0.05) is 31.4 Å². The molecule has 1 aliphatic rings. The number of pyridine rings is 1. The maximum atomic E-state index is 12.8. The predicted molar refractivity (Wildman–Crippen MR) is 109 cm³/mol. The second kappa shape index (κ2) is 9.85. The molecule has 2 N–H and O–H groups in total. The van der Waals surface area contributed by atoms with E-state index in [4.69, 9.17) is 4.74 Å². The van der Waals surface area contributed by atoms with E-state index in [1.165, 1.54) is 12.3 Å². The first-order chi connectivity index (χ1) is 13.7. The number of nitrogens with zero attached hydrogens (tertiary/aromatic N) is 2. The second-order valence-corrected chi connectivity index (χ2v) is 6.61. The van der Waals surface area contributed by atoms with Crippen LogP contribution in [-0.2, 0) is 4.74 Å². The summed E-state index contributed by atoms with van der Waals surface area (Å²) in [6.45, 7) is 5.56. The van der Waals surface area contributed by atoms with Crippen molar-refractivity contribution in [2.45, 2.75) is 19.8 Å². The molecule has 148 valence electrons. The van der Waals surface area contributed by atoms with Gasteiger partial charge >= 0.3 is 0 Å². The average Bonchev–Trinajstić information content (AvgIpc) is 2.75. The van der Waals surface area contributed by atoms with Crippen LogP contribution in [0.25, 0.3) is 0 Å². The third-order valence-corrected chi connectivity index (χ3v) is 4.57. The van der Waals surface area contributed by atoms with Crippen molar-refractivity contribution >= 4 is 23.2 Å². The molecule has 2 heterocycles. The van der Waals surface area contributed by atoms with Crippen molar-refractivity contribution in [2.75, 3.05) is 43.1 Å². The van der Waals surface area contributed by atoms with Crippen molar-refractivity contribution in [2.24, 2.45) is 0 Å². The summed E-state index contributed by atoms with van der Waals surface area (Å²) in [5.74, 6) is -0.539. The molecule has 1 aromatic carbocycles. The minimum Gasteiger partial charge on any atom is -0.378 e. The van der Waals surface area contributed by atoms with Gasteiger partial charge in [0.15, 0.2) is 0 Å². The molecular weight excluding hydrogens is 356 g/mol. The van der Waals surface area contributed by atoms with E-state index >= 15 is 0 Å². The lowest BCUT2D eigenvalue weighted by Crippen LogP contribution is -2.36. The zero-order valence-corrected chi connectivity index (χ0v) is 16.1. The van der Waals surface area contributed by atoms with Gasteiger partial charge in [-0.25, -0.2) is 0 Å². The molecule has 0 aliphatic carbocycles. The molecule has 0 saturated carbocycles. The predicted octanol–water partition coefficient (Wildman–Crippen LogP) is 2.70. The van der Waals surface area contributed by atoms with E-state index in [2.05, 4.69) is 27.4 Å². The number of hydrogen-bond donors (Lipinski definition) is 2. The van der Waals surface area contributed by atoms with Gasteiger partial charge in [0.1, 0.15) is 5.69 Å². The Hall–Kier alpha value is -2.93. The first-order valence-electron chi connectivity index (χ1n) is 9.66. The fourth-order valence-electron chi connectivity index (χ4n) is 3.02. The number of anilines is 2. The highest BCUT2D eigenvalue weighted by molar-refractivity contribution is 6.07. The Morgan fingerprint density at radius 2 is 1.93 bits per heavy atom. The molecule has 0 bridgehead atoms. The highest BCUT2D eigenvalue weighted by atomic mass is 16.5. The molecule has 2 amide bonds. The number of aromatic nitrogens is 1. The molecule has 3 rings (SSSR count). The molecule has 1 fully saturated rings. The summed E-state index contributed by atoms with van der Waals surface area (Å²) in [4.78, 5) is 31.2. The third-order valence-electron chi connectivity index (χ3n) is 4.57. The molecular formula is C21H26N4O3. The Kier molecular flexibility index (Phi) is 6.97. The number of carbonyl (C=O) groups excluding carboxylic acids is 2. The van der Waals surface area contributed by atoms with Gasteiger partial charge in [-0.05, 0) is 30.7 Å². The molecule has 0 atom stereocenters. The van der Waals surface area contributed by atoms with Gasteiger partial charge in [0.05, 0.1) is 24.6 Å². The Bertz CT molecular complexity index is 819. The van der Waals surface area contributed by atoms with E-state index in [1.54, 1.807) is 6.07 Å². The number of morpholine rings is 1. The first kappa shape index (κ1) is 19.8. The van der Waals surface area contributed by atoms with E-state index in [1.807, 2.05) is 24.3 Å². The number of ether oxygens (including phenoxy) is 1. The molecule has 0 unspecified atom stereocenters. The molecule has 7 nitrogen and oxygen atoms in total. The molecule has 2 aromatic rings. The normalized spacial score (nSPS) is 13.8. The van der Waals surface area contributed by atoms with Crippen molar-refractivity contribution < 1.29 is 14.3 Å². The van der Waals surface area contributed by atoms with Crippen molar-refractivity contribution in [3.8, 4) is 0 Å². The van der Waals surface area contributed by atoms with E-state index in [0.29, 0.717) is 25.3 Å². The highest BCUT2D eigenvalue weighted by Gasteiger charge is 2.17. The van der Waals surface area contributed by atoms with E-state index in [-0.39, 0.29) is 17.5 Å². The quantitative estimate of drug-likeness (QED) is 0.720. The van der Waals surface area contributed by atoms with Crippen LogP contribution in [0.3, 0.4) is 0 Å². The number of amides is 2. The number of carbonyl (C=O) groups is 2. The van der Waals surface area contributed by atoms with Crippen molar-refractivity contribution in [3.63, 3.8) is 0 Å². The number of benzene rings is 1. The number of para-hydroxylation sites is 2. The number of rotatable bonds is 7. The molecule has 0 radical (unpaired) electrons. The third kappa shape index (κ3) is 5.07. The Morgan fingerprint density at radius 1 is 1.14 bits per heavy atom. The molecule has 1 aromatic heterocycles. The first-order valence-corrected chi connectivity index (χ1v) is 9.66. The van der Waals surface area contributed by atoms with Crippen LogP contribution >= 0.6 is 0 Å². The van der Waals surface area contributed by atoms with Crippen LogP contribution in [0.5, 0.6) is 0 Å². The number of unbranched alkanes of at least 4 members (excludes halogenated alkanes) is 1. The summed E-state index contributed by atoms with van der Waals surface area (Å²) < 4.78 is 5.41. The fraction of sp³-hybridized carbons (Fsp3) is 0.381. The number of nitrogens with one attached hydrogen (secondary N) is 2. The van der Waals surface area contributed by atoms with Crippen molar-refractivity contribution in [1.29, 1.82) is 0 Å². The van der Waals surface area contributed by atoms with Gasteiger partial charge in [0.25, 0.3) is 11.8 Å². The summed E-state index contributed by atoms with van der Waals surface area (Å²) in [6, 6.07) is 10.8. The minimum atomic E-state index is -0.272. The molecule has 1 saturated heterocycles. The van der Waals surface area contributed by atoms with Gasteiger partial charge in [-0.15, -0.1) is 0 Å². The van der Waals surface area contributed by atoms with Crippen LogP contribution in [0.2, 0.25) is 0 Å². The van der Waals surface area contributed by atoms with Crippen molar-refractivity contribution in [3.05, 3.63) is 53.9 Å². The van der Waals surface area contributed by atoms with E-state index in [0.717, 1.165) is 37.3 Å². The van der Waals surface area contributed by atoms with Gasteiger partial charge in [-0.2, -0.15) is 0 Å². The highest BCUT2D eigenvalue weighted by Crippen LogP contribution is 2.26. The van der Waals surface area contributed by atoms with Crippen LogP contribution < -0.4 is 15.5 Å². The van der Waals surface area contributed by atoms with Gasteiger partial charge in [-0.3, -0.25) is 14.6 Å². The monoisotopic (exact) mass is 382 g/mol. The molecule has 0 spiro atoms. The van der Waals surface area contributed by atoms with E-state index in [9.17, 15) is 9.59 Å². The summed E-state index contributed by atoms with van der Waals surface area (Å²) in [7, 11) is 0. The van der Waals surface area contributed by atoms with Crippen LogP contribution in [-0.4, -0.2) is 49.6 Å². The Labute approximate surface area is 165 Å². The van der Waals surface area contributed by atoms with Gasteiger partial charge < -0.3 is 20.3 Å². The maximum absolute atomic E-state index is 12.8. The smallest absolute Gasteiger partial charge is 0.269 e. The summed E-state index contributed by atoms with van der Waals surface area (Å²) in [5, 5.41) is 5.78. The standard InChI is InChI=1S/C21H26N4O3/c1-2-3-9-23-21(27)18-15-16(8-10-22-18)20(26)24-17-6-4-5-7-19(17)25-11-13-28-14-12-25/h4-8,10,15H,2-3,9,11-14H2,1H3,(H,23,27)(H,24,26). The Balaban J connectivity index is 1.72. The zero-order valence-electron chi connectivity index (χ0n) is 16.1. The largest absolute Gasteiger partial charge is 0.378 e. The second-order valence-electron chi connectivity index (χ2n) is 6.61. The molecule has 28 heavy (non-hydrogen) atoms. The Morgan fingerprint density at radius 3 is 2.71 bits per heavy atom. The summed E-state index contributed by atoms with van der Waals surface area (Å²) >= 11 is 0. The van der Waals surface area contributed by atoms with Gasteiger partial charge in [-0.1, -0.05) is 25.5 Å². The minimum absolute atomic E-state index is 0.241. The SMILES string of the molecule is CCCCNC(=O)c1cc(C(=O)Nc2ccccc2N2CCOCC2)ccn1. The van der Waals surface area contributed by atoms with Crippen LogP contribution in [0, 0.1) is 0 Å². The van der Waals surface area contributed by atoms with E-state index < -0.39 is 0 Å². The van der Waals surface area contributed by atoms with Crippen LogP contribution in [0.4, 0.5) is 11.4 Å². The van der Waals surface area contributed by atoms with Crippen LogP contribution in [0.15, 0.2) is 42.6 Å². The van der Waals surface area contributed by atoms with Crippen molar-refractivity contribution in [1.82, 2.24) is 10.3 Å². The lowest BCUT2D eigenvalue weighted by molar-refractivity contribution is 0.0948. The molecule has 1 aliphatic heterocycles. The lowest BCUT2D eigenvalue weighted by Gasteiger charge is -2.30. The van der Waals surface area contributed by atoms with Gasteiger partial charge in [0.2, 0.25) is 0 Å². The topological polar surface area (TPSA) is 83.6 Å². The summed E-state index contributed by atoms with van der Waals surface area (Å²) in [5.41, 5.74) is 2.34. The summed E-state index contributed by atoms with van der Waals surface area (Å²) in [6.07, 6.45) is 3.39. The van der Waals surface area contributed by atoms with Crippen LogP contribution in [0.1, 0.15) is 40.6 Å². The maximum Gasteiger partial charge on any atom is 0.269 e. The number of hydrogen-bond acceptors (Lipinski definition) is 5. The lowest BCUT2D eigenvalue weighted by atomic mass is 10.2. The molecule has 7 heteroatoms. The fourth-order valence-corrected chi connectivity index (χ4v) is 3.02. The zero-order chi connectivity index (χ0) is 19.8. The average molecular weight is 382 g/mol.